The van der Waals surface area contributed by atoms with Crippen LogP contribution >= 0.6 is 0 Å². The molecule has 0 aliphatic heterocycles. The quantitative estimate of drug-likeness (QED) is 0.386. The first kappa shape index (κ1) is 25.2. The topological polar surface area (TPSA) is 92.4 Å². The molecule has 0 rings (SSSR count). The zero-order valence-electron chi connectivity index (χ0n) is 15.7. The van der Waals surface area contributed by atoms with Crippen molar-refractivity contribution in [2.45, 2.75) is 60.2 Å². The van der Waals surface area contributed by atoms with Gasteiger partial charge in [0.25, 0.3) is 0 Å². The number of aliphatic hydroxyl groups is 1. The van der Waals surface area contributed by atoms with Crippen LogP contribution in [0.25, 0.3) is 0 Å². The van der Waals surface area contributed by atoms with Crippen molar-refractivity contribution in [2.24, 2.45) is 5.73 Å². The lowest BCUT2D eigenvalue weighted by Crippen LogP contribution is -2.55. The summed E-state index contributed by atoms with van der Waals surface area (Å²) >= 11 is 0. The highest BCUT2D eigenvalue weighted by atomic mass is 28.4. The zero-order valence-corrected chi connectivity index (χ0v) is 16.7. The molecule has 0 bridgehead atoms. The summed E-state index contributed by atoms with van der Waals surface area (Å²) in [5.74, 6) is -0.806. The molecule has 142 valence electrons. The minimum absolute atomic E-state index is 0.250. The van der Waals surface area contributed by atoms with E-state index in [1.165, 1.54) is 0 Å². The van der Waals surface area contributed by atoms with E-state index in [0.29, 0.717) is 39.4 Å². The summed E-state index contributed by atoms with van der Waals surface area (Å²) in [6.07, 6.45) is 1.46. The van der Waals surface area contributed by atoms with E-state index in [-0.39, 0.29) is 6.61 Å². The number of rotatable bonds is 13. The van der Waals surface area contributed by atoms with E-state index in [4.69, 9.17) is 33.3 Å². The summed E-state index contributed by atoms with van der Waals surface area (Å²) < 4.78 is 28.9. The molecule has 0 fully saturated rings. The Kier molecular flexibility index (Phi) is 16.9. The molecule has 0 amide bonds. The van der Waals surface area contributed by atoms with Gasteiger partial charge in [-0.2, -0.15) is 0 Å². The van der Waals surface area contributed by atoms with Gasteiger partial charge in [-0.25, -0.2) is 0 Å². The van der Waals surface area contributed by atoms with E-state index in [2.05, 4.69) is 0 Å². The minimum Gasteiger partial charge on any atom is -0.397 e. The standard InChI is InChI=1S/C13H31NO5Si.C2H6O/c1-6-15-13(5,11-10-12-14)19-20(16-7-2,17-8-3)18-9-4;1-2-3/h6-12,14H2,1-5H3;3H,2H2,1H3. The van der Waals surface area contributed by atoms with Crippen molar-refractivity contribution in [3.63, 3.8) is 0 Å². The van der Waals surface area contributed by atoms with Gasteiger partial charge in [-0.05, 0) is 54.5 Å². The van der Waals surface area contributed by atoms with Crippen LogP contribution in [0.5, 0.6) is 0 Å². The second kappa shape index (κ2) is 15.5. The number of aliphatic hydroxyl groups excluding tert-OH is 1. The molecule has 0 aliphatic carbocycles. The summed E-state index contributed by atoms with van der Waals surface area (Å²) in [5.41, 5.74) is 5.58. The lowest BCUT2D eigenvalue weighted by atomic mass is 10.2. The summed E-state index contributed by atoms with van der Waals surface area (Å²) in [7, 11) is -3.18. The van der Waals surface area contributed by atoms with E-state index in [0.717, 1.165) is 6.42 Å². The maximum Gasteiger partial charge on any atom is 0.681 e. The third-order valence-electron chi connectivity index (χ3n) is 2.59. The molecule has 7 nitrogen and oxygen atoms in total. The Morgan fingerprint density at radius 2 is 1.35 bits per heavy atom. The second-order valence-corrected chi connectivity index (χ2v) is 6.75. The molecule has 0 aliphatic rings. The highest BCUT2D eigenvalue weighted by Gasteiger charge is 2.50. The Labute approximate surface area is 142 Å². The van der Waals surface area contributed by atoms with Crippen LogP contribution in [0.2, 0.25) is 0 Å². The maximum absolute atomic E-state index is 7.57. The van der Waals surface area contributed by atoms with Crippen molar-refractivity contribution < 1.29 is 27.5 Å². The minimum atomic E-state index is -3.18. The molecule has 0 heterocycles. The first-order chi connectivity index (χ1) is 10.9. The van der Waals surface area contributed by atoms with E-state index in [1.807, 2.05) is 34.6 Å². The van der Waals surface area contributed by atoms with Crippen molar-refractivity contribution >= 4 is 9.05 Å². The fourth-order valence-corrected chi connectivity index (χ4v) is 4.07. The van der Waals surface area contributed by atoms with E-state index in [9.17, 15) is 0 Å². The van der Waals surface area contributed by atoms with Crippen LogP contribution in [0.15, 0.2) is 0 Å². The summed E-state index contributed by atoms with van der Waals surface area (Å²) in [5, 5.41) is 7.57. The summed E-state index contributed by atoms with van der Waals surface area (Å²) in [6.45, 7) is 13.9. The lowest BCUT2D eigenvalue weighted by molar-refractivity contribution is -0.219. The van der Waals surface area contributed by atoms with Crippen LogP contribution in [-0.2, 0) is 22.4 Å². The Hall–Kier alpha value is -0.0631. The van der Waals surface area contributed by atoms with Crippen LogP contribution in [0.4, 0.5) is 0 Å². The van der Waals surface area contributed by atoms with Crippen molar-refractivity contribution in [1.82, 2.24) is 0 Å². The molecular formula is C15H37NO6Si. The summed E-state index contributed by atoms with van der Waals surface area (Å²) in [4.78, 5) is 0. The van der Waals surface area contributed by atoms with Gasteiger partial charge in [0.15, 0.2) is 5.79 Å². The normalized spacial score (nSPS) is 14.1. The number of ether oxygens (including phenoxy) is 1. The SMILES string of the molecule is CCO.CCOC(C)(CCCN)O[Si](OCC)(OCC)OCC. The van der Waals surface area contributed by atoms with Gasteiger partial charge >= 0.3 is 9.05 Å². The fourth-order valence-electron chi connectivity index (χ4n) is 1.89. The largest absolute Gasteiger partial charge is 0.681 e. The van der Waals surface area contributed by atoms with Crippen LogP contribution in [0.3, 0.4) is 0 Å². The zero-order chi connectivity index (χ0) is 18.2. The molecule has 0 spiro atoms. The Morgan fingerprint density at radius 3 is 1.65 bits per heavy atom. The number of nitrogens with two attached hydrogens (primary N) is 1. The summed E-state index contributed by atoms with van der Waals surface area (Å²) in [6, 6.07) is 0. The van der Waals surface area contributed by atoms with E-state index < -0.39 is 14.8 Å². The smallest absolute Gasteiger partial charge is 0.397 e. The van der Waals surface area contributed by atoms with Gasteiger partial charge in [-0.1, -0.05) is 0 Å². The van der Waals surface area contributed by atoms with Gasteiger partial charge in [0, 0.05) is 39.5 Å². The van der Waals surface area contributed by atoms with Crippen LogP contribution in [0.1, 0.15) is 54.4 Å². The van der Waals surface area contributed by atoms with Crippen molar-refractivity contribution in [1.29, 1.82) is 0 Å². The third-order valence-corrected chi connectivity index (χ3v) is 5.20. The molecular weight excluding hydrogens is 318 g/mol. The van der Waals surface area contributed by atoms with Crippen LogP contribution in [-0.4, -0.2) is 59.5 Å². The Bertz CT molecular complexity index is 243. The van der Waals surface area contributed by atoms with Gasteiger partial charge in [0.2, 0.25) is 0 Å². The van der Waals surface area contributed by atoms with Gasteiger partial charge in [0.1, 0.15) is 0 Å². The molecule has 23 heavy (non-hydrogen) atoms. The van der Waals surface area contributed by atoms with Crippen molar-refractivity contribution in [3.8, 4) is 0 Å². The van der Waals surface area contributed by atoms with Gasteiger partial charge in [-0.15, -0.1) is 0 Å². The molecule has 1 unspecified atom stereocenters. The van der Waals surface area contributed by atoms with Gasteiger partial charge in [0.05, 0.1) is 0 Å². The predicted octanol–water partition coefficient (Wildman–Crippen LogP) is 2.04. The Balaban J connectivity index is 0. The number of hydrogen-bond donors (Lipinski definition) is 2. The molecule has 0 radical (unpaired) electrons. The van der Waals surface area contributed by atoms with Crippen LogP contribution in [0, 0.1) is 0 Å². The second-order valence-electron chi connectivity index (χ2n) is 4.68. The van der Waals surface area contributed by atoms with Crippen molar-refractivity contribution in [2.75, 3.05) is 39.6 Å². The van der Waals surface area contributed by atoms with Crippen LogP contribution < -0.4 is 5.73 Å². The molecule has 0 aromatic rings. The molecule has 1 atom stereocenters. The molecule has 0 saturated heterocycles. The Morgan fingerprint density at radius 1 is 0.913 bits per heavy atom. The highest BCUT2D eigenvalue weighted by molar-refractivity contribution is 6.53. The van der Waals surface area contributed by atoms with Gasteiger partial charge < -0.3 is 33.3 Å². The molecule has 0 saturated carbocycles. The van der Waals surface area contributed by atoms with E-state index >= 15 is 0 Å². The molecule has 3 N–H and O–H groups in total. The molecule has 0 aromatic heterocycles. The maximum atomic E-state index is 7.57. The van der Waals surface area contributed by atoms with Crippen molar-refractivity contribution in [3.05, 3.63) is 0 Å². The third kappa shape index (κ3) is 12.0. The average molecular weight is 356 g/mol. The van der Waals surface area contributed by atoms with Gasteiger partial charge in [-0.3, -0.25) is 0 Å². The molecule has 8 heteroatoms. The monoisotopic (exact) mass is 355 g/mol. The van der Waals surface area contributed by atoms with E-state index in [1.54, 1.807) is 6.92 Å². The molecule has 0 aromatic carbocycles. The first-order valence-corrected chi connectivity index (χ1v) is 10.1. The fraction of sp³-hybridized carbons (Fsp3) is 1.00. The highest BCUT2D eigenvalue weighted by Crippen LogP contribution is 2.26. The predicted molar refractivity (Wildman–Crippen MR) is 92.8 cm³/mol. The first-order valence-electron chi connectivity index (χ1n) is 8.49. The number of hydrogen-bond acceptors (Lipinski definition) is 7. The lowest BCUT2D eigenvalue weighted by Gasteiger charge is -2.37. The average Bonchev–Trinajstić information content (AvgIpc) is 2.47.